The summed E-state index contributed by atoms with van der Waals surface area (Å²) in [6.07, 6.45) is 1.74. The Kier molecular flexibility index (Phi) is 3.91. The third kappa shape index (κ3) is 2.64. The van der Waals surface area contributed by atoms with E-state index in [1.54, 1.807) is 30.0 Å². The van der Waals surface area contributed by atoms with Crippen molar-refractivity contribution < 1.29 is 9.84 Å². The monoisotopic (exact) mass is 331 g/mol. The van der Waals surface area contributed by atoms with Crippen molar-refractivity contribution in [1.82, 2.24) is 14.6 Å². The molecular formula is C20H17N3O2. The zero-order valence-electron chi connectivity index (χ0n) is 13.8. The number of rotatable bonds is 4. The molecule has 0 unspecified atom stereocenters. The van der Waals surface area contributed by atoms with Crippen LogP contribution in [0, 0.1) is 0 Å². The van der Waals surface area contributed by atoms with Crippen LogP contribution in [0.4, 0.5) is 0 Å². The van der Waals surface area contributed by atoms with Crippen molar-refractivity contribution in [3.8, 4) is 28.1 Å². The van der Waals surface area contributed by atoms with Crippen molar-refractivity contribution in [2.24, 2.45) is 0 Å². The summed E-state index contributed by atoms with van der Waals surface area (Å²) in [6.45, 7) is 0.383. The first-order valence-electron chi connectivity index (χ1n) is 7.99. The summed E-state index contributed by atoms with van der Waals surface area (Å²) in [6, 6.07) is 19.1. The predicted molar refractivity (Wildman–Crippen MR) is 96.2 cm³/mol. The van der Waals surface area contributed by atoms with Crippen LogP contribution in [0.3, 0.4) is 0 Å². The number of aromatic hydroxyl groups is 1. The number of hydrogen-bond acceptors (Lipinski definition) is 4. The maximum absolute atomic E-state index is 10.2. The average Bonchev–Trinajstić information content (AvgIpc) is 3.01. The van der Waals surface area contributed by atoms with Gasteiger partial charge in [-0.1, -0.05) is 42.5 Å². The van der Waals surface area contributed by atoms with Crippen LogP contribution in [0.2, 0.25) is 0 Å². The van der Waals surface area contributed by atoms with Gasteiger partial charge in [0.1, 0.15) is 5.75 Å². The van der Waals surface area contributed by atoms with Gasteiger partial charge in [-0.15, -0.1) is 0 Å². The molecule has 0 bridgehead atoms. The molecule has 1 N–H and O–H groups in total. The molecule has 0 saturated carbocycles. The van der Waals surface area contributed by atoms with Crippen LogP contribution < -0.4 is 0 Å². The van der Waals surface area contributed by atoms with E-state index < -0.39 is 0 Å². The first-order chi connectivity index (χ1) is 12.3. The van der Waals surface area contributed by atoms with Gasteiger partial charge >= 0.3 is 0 Å². The Morgan fingerprint density at radius 1 is 1.00 bits per heavy atom. The highest BCUT2D eigenvalue weighted by Crippen LogP contribution is 2.33. The molecule has 0 fully saturated rings. The smallest absolute Gasteiger partial charge is 0.163 e. The maximum atomic E-state index is 10.2. The number of phenols is 1. The molecular weight excluding hydrogens is 314 g/mol. The molecule has 25 heavy (non-hydrogen) atoms. The molecule has 0 saturated heterocycles. The Morgan fingerprint density at radius 3 is 2.52 bits per heavy atom. The molecule has 0 aliphatic carbocycles. The number of phenolic OH excluding ortho intramolecular Hbond substituents is 1. The lowest BCUT2D eigenvalue weighted by atomic mass is 10.1. The molecule has 0 radical (unpaired) electrons. The number of methoxy groups -OCH3 is 1. The molecule has 0 spiro atoms. The molecule has 2 aromatic carbocycles. The second-order valence-corrected chi connectivity index (χ2v) is 5.70. The molecule has 2 aromatic heterocycles. The van der Waals surface area contributed by atoms with Crippen molar-refractivity contribution in [3.05, 3.63) is 72.6 Å². The predicted octanol–water partition coefficient (Wildman–Crippen LogP) is 3.92. The highest BCUT2D eigenvalue weighted by molar-refractivity contribution is 5.82. The Balaban J connectivity index is 2.02. The lowest BCUT2D eigenvalue weighted by Gasteiger charge is -2.07. The van der Waals surface area contributed by atoms with Gasteiger partial charge in [0.15, 0.2) is 5.65 Å². The lowest BCUT2D eigenvalue weighted by molar-refractivity contribution is 0.181. The highest BCUT2D eigenvalue weighted by atomic mass is 16.5. The van der Waals surface area contributed by atoms with Gasteiger partial charge in [0.25, 0.3) is 0 Å². The molecule has 5 nitrogen and oxygen atoms in total. The number of nitrogens with zero attached hydrogens (tertiary/aromatic N) is 3. The summed E-state index contributed by atoms with van der Waals surface area (Å²) in [7, 11) is 1.65. The molecule has 0 amide bonds. The normalized spacial score (nSPS) is 11.1. The average molecular weight is 331 g/mol. The largest absolute Gasteiger partial charge is 0.507 e. The third-order valence-corrected chi connectivity index (χ3v) is 4.11. The molecule has 0 aliphatic heterocycles. The van der Waals surface area contributed by atoms with Gasteiger partial charge in [-0.25, -0.2) is 9.50 Å². The van der Waals surface area contributed by atoms with E-state index in [0.29, 0.717) is 12.2 Å². The van der Waals surface area contributed by atoms with Gasteiger partial charge in [0.2, 0.25) is 0 Å². The van der Waals surface area contributed by atoms with E-state index in [0.717, 1.165) is 28.2 Å². The van der Waals surface area contributed by atoms with E-state index in [1.807, 2.05) is 48.5 Å². The number of aromatic nitrogens is 3. The van der Waals surface area contributed by atoms with Gasteiger partial charge in [-0.3, -0.25) is 0 Å². The first-order valence-corrected chi connectivity index (χ1v) is 7.99. The van der Waals surface area contributed by atoms with Gasteiger partial charge in [-0.2, -0.15) is 5.10 Å². The summed E-state index contributed by atoms with van der Waals surface area (Å²) < 4.78 is 7.11. The Bertz CT molecular complexity index is 1030. The minimum Gasteiger partial charge on any atom is -0.507 e. The second kappa shape index (κ2) is 6.37. The van der Waals surface area contributed by atoms with Gasteiger partial charge in [-0.05, 0) is 23.8 Å². The van der Waals surface area contributed by atoms with Crippen LogP contribution in [0.1, 0.15) is 5.69 Å². The molecule has 5 heteroatoms. The van der Waals surface area contributed by atoms with E-state index >= 15 is 0 Å². The SMILES string of the molecule is COCc1nn2c(-c3ccccc3O)ccnc2c1-c1ccccc1. The summed E-state index contributed by atoms with van der Waals surface area (Å²) >= 11 is 0. The standard InChI is InChI=1S/C20H17N3O2/c1-25-13-16-19(14-7-3-2-4-8-14)20-21-12-11-17(23(20)22-16)15-9-5-6-10-18(15)24/h2-12,24H,13H2,1H3. The molecule has 0 atom stereocenters. The third-order valence-electron chi connectivity index (χ3n) is 4.11. The van der Waals surface area contributed by atoms with Crippen molar-refractivity contribution in [2.45, 2.75) is 6.61 Å². The Labute approximate surface area is 145 Å². The number of fused-ring (bicyclic) bond motifs is 1. The molecule has 0 aliphatic rings. The lowest BCUT2D eigenvalue weighted by Crippen LogP contribution is -1.96. The minimum atomic E-state index is 0.208. The van der Waals surface area contributed by atoms with Crippen LogP contribution in [-0.2, 0) is 11.3 Å². The maximum Gasteiger partial charge on any atom is 0.163 e. The van der Waals surface area contributed by atoms with E-state index in [1.165, 1.54) is 0 Å². The highest BCUT2D eigenvalue weighted by Gasteiger charge is 2.18. The van der Waals surface area contributed by atoms with E-state index in [4.69, 9.17) is 9.84 Å². The fraction of sp³-hybridized carbons (Fsp3) is 0.100. The number of ether oxygens (including phenoxy) is 1. The van der Waals surface area contributed by atoms with Crippen LogP contribution in [0.5, 0.6) is 5.75 Å². The summed E-state index contributed by atoms with van der Waals surface area (Å²) in [5, 5.41) is 14.9. The van der Waals surface area contributed by atoms with Crippen LogP contribution in [-0.4, -0.2) is 26.8 Å². The second-order valence-electron chi connectivity index (χ2n) is 5.70. The number of para-hydroxylation sites is 1. The fourth-order valence-corrected chi connectivity index (χ4v) is 3.02. The summed E-state index contributed by atoms with van der Waals surface area (Å²) in [4.78, 5) is 4.54. The van der Waals surface area contributed by atoms with Crippen LogP contribution >= 0.6 is 0 Å². The fourth-order valence-electron chi connectivity index (χ4n) is 3.02. The zero-order valence-corrected chi connectivity index (χ0v) is 13.8. The van der Waals surface area contributed by atoms with Crippen molar-refractivity contribution in [2.75, 3.05) is 7.11 Å². The van der Waals surface area contributed by atoms with Crippen molar-refractivity contribution in [1.29, 1.82) is 0 Å². The first kappa shape index (κ1) is 15.4. The summed E-state index contributed by atoms with van der Waals surface area (Å²) in [5.74, 6) is 0.208. The zero-order chi connectivity index (χ0) is 17.2. The Hall–Kier alpha value is -3.18. The van der Waals surface area contributed by atoms with E-state index in [9.17, 15) is 5.11 Å². The van der Waals surface area contributed by atoms with Crippen LogP contribution in [0.25, 0.3) is 28.0 Å². The van der Waals surface area contributed by atoms with E-state index in [2.05, 4.69) is 4.98 Å². The molecule has 2 heterocycles. The number of benzene rings is 2. The van der Waals surface area contributed by atoms with Gasteiger partial charge in [0, 0.05) is 18.9 Å². The molecule has 4 rings (SSSR count). The van der Waals surface area contributed by atoms with Gasteiger partial charge in [0.05, 0.1) is 23.6 Å². The van der Waals surface area contributed by atoms with Crippen molar-refractivity contribution >= 4 is 5.65 Å². The van der Waals surface area contributed by atoms with Gasteiger partial charge < -0.3 is 9.84 Å². The quantitative estimate of drug-likeness (QED) is 0.616. The van der Waals surface area contributed by atoms with Crippen LogP contribution in [0.15, 0.2) is 66.9 Å². The molecule has 124 valence electrons. The van der Waals surface area contributed by atoms with Crippen molar-refractivity contribution in [3.63, 3.8) is 0 Å². The number of hydrogen-bond donors (Lipinski definition) is 1. The minimum absolute atomic E-state index is 0.208. The van der Waals surface area contributed by atoms with E-state index in [-0.39, 0.29) is 5.75 Å². The summed E-state index contributed by atoms with van der Waals surface area (Å²) in [5.41, 5.74) is 5.01. The topological polar surface area (TPSA) is 59.7 Å². The molecule has 4 aromatic rings. The Morgan fingerprint density at radius 2 is 1.76 bits per heavy atom.